The highest BCUT2D eigenvalue weighted by Crippen LogP contribution is 2.34. The first-order chi connectivity index (χ1) is 18.0. The summed E-state index contributed by atoms with van der Waals surface area (Å²) in [6, 6.07) is 9.95. The molecule has 9 nitrogen and oxygen atoms in total. The standard InChI is InChI=1S/C25H22F3N5O4S/c1-3-22-31-24(21-14-32(15(2)34)9-10-33(21)22)18-6-4-5-16-11-20(29-13-19(16)18)17-7-8-23(30-12-17)37-38(35,36)25(26,27)28/h4-8,11-13H,3,9-10,14H2,1-2H3. The molecule has 4 heterocycles. The summed E-state index contributed by atoms with van der Waals surface area (Å²) in [5.74, 6) is 0.248. The lowest BCUT2D eigenvalue weighted by molar-refractivity contribution is -0.130. The van der Waals surface area contributed by atoms with Crippen LogP contribution in [0.3, 0.4) is 0 Å². The molecule has 0 unspecified atom stereocenters. The second-order valence-electron chi connectivity index (χ2n) is 8.73. The summed E-state index contributed by atoms with van der Waals surface area (Å²) in [5, 5.41) is 1.68. The zero-order valence-corrected chi connectivity index (χ0v) is 21.2. The number of fused-ring (bicyclic) bond motifs is 2. The number of nitrogens with zero attached hydrogens (tertiary/aromatic N) is 5. The minimum Gasteiger partial charge on any atom is -0.355 e. The van der Waals surface area contributed by atoms with Crippen molar-refractivity contribution >= 4 is 26.8 Å². The molecule has 1 aliphatic rings. The molecule has 1 aromatic carbocycles. The maximum atomic E-state index is 12.6. The SMILES string of the molecule is CCc1nc(-c2cccc3cc(-c4ccc(OS(=O)(=O)C(F)(F)F)nc4)ncc23)c2n1CCN(C(C)=O)C2. The van der Waals surface area contributed by atoms with Gasteiger partial charge in [0.15, 0.2) is 0 Å². The van der Waals surface area contributed by atoms with Crippen molar-refractivity contribution in [2.24, 2.45) is 0 Å². The number of alkyl halides is 3. The van der Waals surface area contributed by atoms with Gasteiger partial charge in [0, 0.05) is 61.4 Å². The highest BCUT2D eigenvalue weighted by molar-refractivity contribution is 7.87. The Balaban J connectivity index is 1.50. The number of aryl methyl sites for hydroxylation is 1. The zero-order chi connectivity index (χ0) is 27.2. The Labute approximate surface area is 216 Å². The quantitative estimate of drug-likeness (QED) is 0.272. The number of hydrogen-bond donors (Lipinski definition) is 0. The van der Waals surface area contributed by atoms with Gasteiger partial charge < -0.3 is 13.7 Å². The molecule has 4 aromatic rings. The molecule has 0 aliphatic carbocycles. The van der Waals surface area contributed by atoms with Crippen LogP contribution in [0.15, 0.2) is 48.8 Å². The van der Waals surface area contributed by atoms with E-state index in [1.165, 1.54) is 12.3 Å². The zero-order valence-electron chi connectivity index (χ0n) is 20.4. The fourth-order valence-electron chi connectivity index (χ4n) is 4.47. The van der Waals surface area contributed by atoms with Crippen LogP contribution in [0.2, 0.25) is 0 Å². The average Bonchev–Trinajstić information content (AvgIpc) is 3.25. The summed E-state index contributed by atoms with van der Waals surface area (Å²) in [5.41, 5.74) is -1.98. The number of pyridine rings is 2. The fraction of sp³-hybridized carbons (Fsp3) is 0.280. The van der Waals surface area contributed by atoms with E-state index in [4.69, 9.17) is 4.98 Å². The molecule has 0 saturated heterocycles. The van der Waals surface area contributed by atoms with Crippen LogP contribution in [0, 0.1) is 0 Å². The largest absolute Gasteiger partial charge is 0.534 e. The second kappa shape index (κ2) is 9.39. The molecule has 0 N–H and O–H groups in total. The van der Waals surface area contributed by atoms with Gasteiger partial charge in [0.05, 0.1) is 23.6 Å². The second-order valence-corrected chi connectivity index (χ2v) is 10.3. The van der Waals surface area contributed by atoms with Crippen LogP contribution in [0.1, 0.15) is 25.4 Å². The predicted octanol–water partition coefficient (Wildman–Crippen LogP) is 4.31. The van der Waals surface area contributed by atoms with Crippen molar-refractivity contribution in [2.75, 3.05) is 6.54 Å². The van der Waals surface area contributed by atoms with Crippen molar-refractivity contribution < 1.29 is 30.6 Å². The molecule has 0 fully saturated rings. The van der Waals surface area contributed by atoms with Crippen LogP contribution in [0.5, 0.6) is 5.88 Å². The molecule has 0 saturated carbocycles. The van der Waals surface area contributed by atoms with Gasteiger partial charge in [-0.1, -0.05) is 25.1 Å². The molecule has 0 atom stereocenters. The lowest BCUT2D eigenvalue weighted by Crippen LogP contribution is -2.37. The van der Waals surface area contributed by atoms with Crippen LogP contribution < -0.4 is 4.18 Å². The third-order valence-corrected chi connectivity index (χ3v) is 7.34. The number of carbonyl (C=O) groups excluding carboxylic acids is 1. The first kappa shape index (κ1) is 25.6. The monoisotopic (exact) mass is 545 g/mol. The molecular weight excluding hydrogens is 523 g/mol. The molecule has 0 radical (unpaired) electrons. The van der Waals surface area contributed by atoms with Crippen LogP contribution in [-0.4, -0.2) is 50.8 Å². The van der Waals surface area contributed by atoms with E-state index in [9.17, 15) is 26.4 Å². The Morgan fingerprint density at radius 2 is 1.89 bits per heavy atom. The van der Waals surface area contributed by atoms with Crippen molar-refractivity contribution in [1.29, 1.82) is 0 Å². The lowest BCUT2D eigenvalue weighted by atomic mass is 10.0. The van der Waals surface area contributed by atoms with Gasteiger partial charge in [0.25, 0.3) is 0 Å². The van der Waals surface area contributed by atoms with E-state index in [0.717, 1.165) is 46.0 Å². The summed E-state index contributed by atoms with van der Waals surface area (Å²) < 4.78 is 66.3. The number of rotatable bonds is 5. The molecule has 38 heavy (non-hydrogen) atoms. The van der Waals surface area contributed by atoms with Gasteiger partial charge in [-0.25, -0.2) is 9.97 Å². The molecule has 198 valence electrons. The normalized spacial score (nSPS) is 14.0. The smallest absolute Gasteiger partial charge is 0.355 e. The number of amides is 1. The topological polar surface area (TPSA) is 107 Å². The fourth-order valence-corrected chi connectivity index (χ4v) is 4.89. The van der Waals surface area contributed by atoms with Crippen molar-refractivity contribution in [2.45, 2.75) is 38.9 Å². The molecular formula is C25H22F3N5O4S. The van der Waals surface area contributed by atoms with Gasteiger partial charge in [-0.3, -0.25) is 9.78 Å². The summed E-state index contributed by atoms with van der Waals surface area (Å²) in [6.07, 6.45) is 3.62. The van der Waals surface area contributed by atoms with Crippen molar-refractivity contribution in [3.05, 3.63) is 60.3 Å². The Kier molecular flexibility index (Phi) is 6.33. The van der Waals surface area contributed by atoms with Gasteiger partial charge in [0.2, 0.25) is 11.8 Å². The third kappa shape index (κ3) is 4.57. The molecule has 3 aromatic heterocycles. The number of benzene rings is 1. The molecule has 1 amide bonds. The maximum Gasteiger partial charge on any atom is 0.534 e. The van der Waals surface area contributed by atoms with Crippen molar-refractivity contribution in [3.8, 4) is 28.4 Å². The molecule has 1 aliphatic heterocycles. The van der Waals surface area contributed by atoms with E-state index >= 15 is 0 Å². The highest BCUT2D eigenvalue weighted by Gasteiger charge is 2.48. The van der Waals surface area contributed by atoms with E-state index in [1.54, 1.807) is 24.1 Å². The van der Waals surface area contributed by atoms with E-state index < -0.39 is 21.5 Å². The maximum absolute atomic E-state index is 12.6. The predicted molar refractivity (Wildman–Crippen MR) is 132 cm³/mol. The number of hydrogen-bond acceptors (Lipinski definition) is 7. The molecule has 0 bridgehead atoms. The molecule has 5 rings (SSSR count). The summed E-state index contributed by atoms with van der Waals surface area (Å²) in [6.45, 7) is 5.36. The lowest BCUT2D eigenvalue weighted by Gasteiger charge is -2.28. The Morgan fingerprint density at radius 1 is 1.11 bits per heavy atom. The summed E-state index contributed by atoms with van der Waals surface area (Å²) in [4.78, 5) is 26.9. The highest BCUT2D eigenvalue weighted by atomic mass is 32.2. The van der Waals surface area contributed by atoms with Gasteiger partial charge in [-0.2, -0.15) is 21.6 Å². The van der Waals surface area contributed by atoms with E-state index in [1.807, 2.05) is 25.1 Å². The number of aromatic nitrogens is 4. The summed E-state index contributed by atoms with van der Waals surface area (Å²) in [7, 11) is -5.81. The first-order valence-corrected chi connectivity index (χ1v) is 13.1. The average molecular weight is 546 g/mol. The van der Waals surface area contributed by atoms with Gasteiger partial charge in [-0.15, -0.1) is 0 Å². The Hall–Kier alpha value is -4.00. The first-order valence-electron chi connectivity index (χ1n) is 11.7. The van der Waals surface area contributed by atoms with Crippen LogP contribution in [-0.2, 0) is 34.4 Å². The van der Waals surface area contributed by atoms with Gasteiger partial charge >= 0.3 is 15.6 Å². The number of carbonyl (C=O) groups is 1. The minimum atomic E-state index is -5.81. The van der Waals surface area contributed by atoms with Crippen molar-refractivity contribution in [1.82, 2.24) is 24.4 Å². The molecule has 13 heteroatoms. The minimum absolute atomic E-state index is 0.00621. The van der Waals surface area contributed by atoms with Crippen LogP contribution in [0.25, 0.3) is 33.3 Å². The Bertz CT molecular complexity index is 1650. The van der Waals surface area contributed by atoms with Crippen molar-refractivity contribution in [3.63, 3.8) is 0 Å². The van der Waals surface area contributed by atoms with Crippen LogP contribution in [0.4, 0.5) is 13.2 Å². The van der Waals surface area contributed by atoms with Gasteiger partial charge in [-0.05, 0) is 17.5 Å². The summed E-state index contributed by atoms with van der Waals surface area (Å²) >= 11 is 0. The van der Waals surface area contributed by atoms with E-state index in [0.29, 0.717) is 30.9 Å². The molecule has 0 spiro atoms. The van der Waals surface area contributed by atoms with Gasteiger partial charge in [0.1, 0.15) is 5.82 Å². The Morgan fingerprint density at radius 3 is 2.55 bits per heavy atom. The van der Waals surface area contributed by atoms with E-state index in [2.05, 4.69) is 18.7 Å². The third-order valence-electron chi connectivity index (χ3n) is 6.38. The number of imidazole rings is 1. The number of halogens is 3. The van der Waals surface area contributed by atoms with Crippen LogP contribution >= 0.6 is 0 Å². The van der Waals surface area contributed by atoms with E-state index in [-0.39, 0.29) is 5.91 Å².